The molecule has 0 N–H and O–H groups in total. The monoisotopic (exact) mass is 502 g/mol. The van der Waals surface area contributed by atoms with Gasteiger partial charge in [0.25, 0.3) is 5.91 Å². The molecule has 0 atom stereocenters. The van der Waals surface area contributed by atoms with E-state index in [1.54, 1.807) is 49.6 Å². The first-order valence-corrected chi connectivity index (χ1v) is 11.7. The van der Waals surface area contributed by atoms with Gasteiger partial charge in [-0.2, -0.15) is 0 Å². The fourth-order valence-electron chi connectivity index (χ4n) is 3.90. The summed E-state index contributed by atoms with van der Waals surface area (Å²) in [7, 11) is 1.59. The number of hydrogen-bond acceptors (Lipinski definition) is 4. The highest BCUT2D eigenvalue weighted by Gasteiger charge is 2.23. The summed E-state index contributed by atoms with van der Waals surface area (Å²) in [6.07, 6.45) is 0. The van der Waals surface area contributed by atoms with Crippen LogP contribution in [0, 0.1) is 5.82 Å². The van der Waals surface area contributed by atoms with E-state index in [9.17, 15) is 9.18 Å². The average Bonchev–Trinajstić information content (AvgIpc) is 2.85. The molecule has 1 aliphatic heterocycles. The zero-order valence-electron chi connectivity index (χ0n) is 18.8. The largest absolute Gasteiger partial charge is 0.496 e. The summed E-state index contributed by atoms with van der Waals surface area (Å²) in [5, 5.41) is 1.06. The predicted molar refractivity (Wildman–Crippen MR) is 131 cm³/mol. The zero-order chi connectivity index (χ0) is 24.1. The van der Waals surface area contributed by atoms with Crippen LogP contribution in [0.5, 0.6) is 11.5 Å². The van der Waals surface area contributed by atoms with Crippen LogP contribution < -0.4 is 9.47 Å². The summed E-state index contributed by atoms with van der Waals surface area (Å²) < 4.78 is 24.6. The van der Waals surface area contributed by atoms with Crippen LogP contribution in [0.25, 0.3) is 0 Å². The SMILES string of the molecule is COc1ccc(C(=O)N2CCN(Cc3ccc(F)cc3Cl)CC2)cc1COc1ccc(Cl)cc1. The van der Waals surface area contributed by atoms with E-state index in [1.807, 2.05) is 11.0 Å². The second-order valence-electron chi connectivity index (χ2n) is 8.07. The lowest BCUT2D eigenvalue weighted by Crippen LogP contribution is -2.48. The second-order valence-corrected chi connectivity index (χ2v) is 8.92. The Labute approximate surface area is 208 Å². The molecule has 0 radical (unpaired) electrons. The third-order valence-corrected chi connectivity index (χ3v) is 6.41. The van der Waals surface area contributed by atoms with Gasteiger partial charge in [0.2, 0.25) is 0 Å². The average molecular weight is 503 g/mol. The van der Waals surface area contributed by atoms with Crippen molar-refractivity contribution < 1.29 is 18.7 Å². The lowest BCUT2D eigenvalue weighted by atomic mass is 10.1. The summed E-state index contributed by atoms with van der Waals surface area (Å²) >= 11 is 12.1. The van der Waals surface area contributed by atoms with Gasteiger partial charge in [0.1, 0.15) is 23.9 Å². The molecular weight excluding hydrogens is 478 g/mol. The molecule has 1 heterocycles. The van der Waals surface area contributed by atoms with Gasteiger partial charge < -0.3 is 14.4 Å². The number of methoxy groups -OCH3 is 1. The summed E-state index contributed by atoms with van der Waals surface area (Å²) in [5.41, 5.74) is 2.25. The number of carbonyl (C=O) groups is 1. The maximum Gasteiger partial charge on any atom is 0.253 e. The fourth-order valence-corrected chi connectivity index (χ4v) is 4.25. The van der Waals surface area contributed by atoms with Crippen molar-refractivity contribution in [2.24, 2.45) is 0 Å². The molecule has 1 saturated heterocycles. The van der Waals surface area contributed by atoms with E-state index in [4.69, 9.17) is 32.7 Å². The van der Waals surface area contributed by atoms with Crippen molar-refractivity contribution in [2.45, 2.75) is 13.2 Å². The Kier molecular flexibility index (Phi) is 7.93. The molecule has 1 amide bonds. The number of amides is 1. The second kappa shape index (κ2) is 11.1. The molecule has 0 saturated carbocycles. The number of nitrogens with zero attached hydrogens (tertiary/aromatic N) is 2. The van der Waals surface area contributed by atoms with Crippen LogP contribution >= 0.6 is 23.2 Å². The van der Waals surface area contributed by atoms with Gasteiger partial charge in [0.15, 0.2) is 0 Å². The number of benzene rings is 3. The predicted octanol–water partition coefficient (Wildman–Crippen LogP) is 5.68. The molecule has 0 spiro atoms. The molecule has 5 nitrogen and oxygen atoms in total. The summed E-state index contributed by atoms with van der Waals surface area (Å²) in [6.45, 7) is 3.50. The van der Waals surface area contributed by atoms with Crippen LogP contribution in [0.1, 0.15) is 21.5 Å². The smallest absolute Gasteiger partial charge is 0.253 e. The van der Waals surface area contributed by atoms with Crippen molar-refractivity contribution in [3.63, 3.8) is 0 Å². The normalized spacial score (nSPS) is 14.2. The molecule has 4 rings (SSSR count). The molecule has 0 aliphatic carbocycles. The van der Waals surface area contributed by atoms with Crippen LogP contribution in [0.2, 0.25) is 10.0 Å². The fraction of sp³-hybridized carbons (Fsp3) is 0.269. The molecule has 178 valence electrons. The topological polar surface area (TPSA) is 42.0 Å². The van der Waals surface area contributed by atoms with Crippen LogP contribution in [0.3, 0.4) is 0 Å². The Bertz CT molecular complexity index is 1150. The quantitative estimate of drug-likeness (QED) is 0.416. The number of ether oxygens (including phenoxy) is 2. The van der Waals surface area contributed by atoms with E-state index >= 15 is 0 Å². The molecule has 3 aromatic rings. The van der Waals surface area contributed by atoms with Gasteiger partial charge >= 0.3 is 0 Å². The standard InChI is InChI=1S/C26H25Cl2FN2O3/c1-33-25-9-3-18(14-20(25)17-34-23-7-4-21(27)5-8-23)26(32)31-12-10-30(11-13-31)16-19-2-6-22(29)15-24(19)28/h2-9,14-15H,10-13,16-17H2,1H3. The highest BCUT2D eigenvalue weighted by Crippen LogP contribution is 2.25. The lowest BCUT2D eigenvalue weighted by molar-refractivity contribution is 0.0628. The van der Waals surface area contributed by atoms with Crippen LogP contribution in [-0.4, -0.2) is 49.0 Å². The van der Waals surface area contributed by atoms with E-state index < -0.39 is 0 Å². The third-order valence-electron chi connectivity index (χ3n) is 5.80. The minimum atomic E-state index is -0.346. The molecule has 0 bridgehead atoms. The number of rotatable bonds is 7. The summed E-state index contributed by atoms with van der Waals surface area (Å²) in [4.78, 5) is 17.2. The Morgan fingerprint density at radius 2 is 1.68 bits per heavy atom. The van der Waals surface area contributed by atoms with Crippen molar-refractivity contribution in [3.8, 4) is 11.5 Å². The summed E-state index contributed by atoms with van der Waals surface area (Å²) in [5.74, 6) is 0.962. The van der Waals surface area contributed by atoms with Crippen LogP contribution in [0.15, 0.2) is 60.7 Å². The van der Waals surface area contributed by atoms with Gasteiger partial charge in [0.05, 0.1) is 7.11 Å². The minimum absolute atomic E-state index is 0.0325. The van der Waals surface area contributed by atoms with Crippen molar-refractivity contribution in [1.29, 1.82) is 0 Å². The molecule has 0 unspecified atom stereocenters. The first-order valence-electron chi connectivity index (χ1n) is 10.9. The van der Waals surface area contributed by atoms with Crippen molar-refractivity contribution in [1.82, 2.24) is 9.80 Å². The molecule has 8 heteroatoms. The van der Waals surface area contributed by atoms with E-state index in [-0.39, 0.29) is 18.3 Å². The van der Waals surface area contributed by atoms with Crippen molar-refractivity contribution in [2.75, 3.05) is 33.3 Å². The van der Waals surface area contributed by atoms with Gasteiger partial charge in [-0.25, -0.2) is 4.39 Å². The van der Waals surface area contributed by atoms with E-state index in [2.05, 4.69) is 4.90 Å². The highest BCUT2D eigenvalue weighted by molar-refractivity contribution is 6.31. The first kappa shape index (κ1) is 24.3. The molecule has 34 heavy (non-hydrogen) atoms. The molecule has 3 aromatic carbocycles. The number of piperazine rings is 1. The maximum atomic E-state index is 13.3. The zero-order valence-corrected chi connectivity index (χ0v) is 20.3. The van der Waals surface area contributed by atoms with Gasteiger partial charge in [-0.05, 0) is 60.2 Å². The number of carbonyl (C=O) groups excluding carboxylic acids is 1. The van der Waals surface area contributed by atoms with Crippen molar-refractivity contribution in [3.05, 3.63) is 93.2 Å². The Morgan fingerprint density at radius 3 is 2.35 bits per heavy atom. The summed E-state index contributed by atoms with van der Waals surface area (Å²) in [6, 6.07) is 17.0. The Balaban J connectivity index is 1.37. The lowest BCUT2D eigenvalue weighted by Gasteiger charge is -2.35. The van der Waals surface area contributed by atoms with Gasteiger partial charge in [-0.15, -0.1) is 0 Å². The maximum absolute atomic E-state index is 13.3. The number of hydrogen-bond donors (Lipinski definition) is 0. The molecule has 1 aliphatic rings. The number of halogens is 3. The van der Waals surface area contributed by atoms with Gasteiger partial charge in [-0.1, -0.05) is 29.3 Å². The van der Waals surface area contributed by atoms with Crippen LogP contribution in [-0.2, 0) is 13.2 Å². The molecule has 0 aromatic heterocycles. The highest BCUT2D eigenvalue weighted by atomic mass is 35.5. The molecule has 1 fully saturated rings. The van der Waals surface area contributed by atoms with Gasteiger partial charge in [0, 0.05) is 53.9 Å². The Morgan fingerprint density at radius 1 is 0.941 bits per heavy atom. The van der Waals surface area contributed by atoms with Crippen LogP contribution in [0.4, 0.5) is 4.39 Å². The third kappa shape index (κ3) is 6.00. The van der Waals surface area contributed by atoms with Gasteiger partial charge in [-0.3, -0.25) is 9.69 Å². The Hall–Kier alpha value is -2.80. The van der Waals surface area contributed by atoms with E-state index in [0.717, 1.165) is 11.1 Å². The van der Waals surface area contributed by atoms with E-state index in [1.165, 1.54) is 12.1 Å². The van der Waals surface area contributed by atoms with Crippen molar-refractivity contribution >= 4 is 29.1 Å². The first-order chi connectivity index (χ1) is 16.4. The molecular formula is C26H25Cl2FN2O3. The minimum Gasteiger partial charge on any atom is -0.496 e. The van der Waals surface area contributed by atoms with E-state index in [0.29, 0.717) is 59.8 Å².